The van der Waals surface area contributed by atoms with E-state index in [2.05, 4.69) is 15.4 Å². The minimum Gasteiger partial charge on any atom is -0.274 e. The van der Waals surface area contributed by atoms with Crippen molar-refractivity contribution in [1.29, 1.82) is 0 Å². The summed E-state index contributed by atoms with van der Waals surface area (Å²) in [6, 6.07) is 15.0. The van der Waals surface area contributed by atoms with Gasteiger partial charge in [-0.15, -0.1) is 10.2 Å². The fourth-order valence-electron chi connectivity index (χ4n) is 2.95. The second-order valence-electron chi connectivity index (χ2n) is 6.28. The first-order chi connectivity index (χ1) is 12.6. The van der Waals surface area contributed by atoms with Crippen LogP contribution in [0.5, 0.6) is 0 Å². The molecule has 2 heterocycles. The highest BCUT2D eigenvalue weighted by atomic mass is 16.2. The molecule has 3 aromatic rings. The van der Waals surface area contributed by atoms with Gasteiger partial charge in [0.15, 0.2) is 5.82 Å². The summed E-state index contributed by atoms with van der Waals surface area (Å²) in [6.45, 7) is 2.80. The van der Waals surface area contributed by atoms with Crippen LogP contribution in [0.25, 0.3) is 0 Å². The number of aryl methyl sites for hydroxylation is 1. The maximum absolute atomic E-state index is 12.3. The van der Waals surface area contributed by atoms with Crippen LogP contribution in [0.2, 0.25) is 0 Å². The van der Waals surface area contributed by atoms with Crippen molar-refractivity contribution in [3.8, 4) is 0 Å². The van der Waals surface area contributed by atoms with Gasteiger partial charge >= 0.3 is 0 Å². The normalized spacial score (nSPS) is 13.3. The van der Waals surface area contributed by atoms with E-state index in [1.165, 1.54) is 15.3 Å². The number of amides is 2. The summed E-state index contributed by atoms with van der Waals surface area (Å²) >= 11 is 0. The molecule has 0 N–H and O–H groups in total. The van der Waals surface area contributed by atoms with Crippen LogP contribution in [0.15, 0.2) is 48.5 Å². The Bertz CT molecular complexity index is 943. The van der Waals surface area contributed by atoms with Gasteiger partial charge in [0.1, 0.15) is 0 Å². The second-order valence-corrected chi connectivity index (χ2v) is 6.28. The number of hydrogen-bond acceptors (Lipinski definition) is 5. The largest absolute Gasteiger partial charge is 0.274 e. The molecule has 26 heavy (non-hydrogen) atoms. The SMILES string of the molecule is Cc1ccc(Cn2nnc(CCN3C(=O)c4ccccc4C3=O)n2)cc1. The molecule has 1 aliphatic rings. The molecule has 4 rings (SSSR count). The quantitative estimate of drug-likeness (QED) is 0.658. The number of carbonyl (C=O) groups is 2. The van der Waals surface area contributed by atoms with Crippen molar-refractivity contribution in [3.05, 3.63) is 76.6 Å². The molecule has 0 radical (unpaired) electrons. The topological polar surface area (TPSA) is 81.0 Å². The average molecular weight is 347 g/mol. The van der Waals surface area contributed by atoms with Gasteiger partial charge in [-0.2, -0.15) is 4.80 Å². The van der Waals surface area contributed by atoms with E-state index in [1.54, 1.807) is 24.3 Å². The molecular weight excluding hydrogens is 330 g/mol. The Morgan fingerprint density at radius 3 is 2.23 bits per heavy atom. The third-order valence-corrected chi connectivity index (χ3v) is 4.38. The summed E-state index contributed by atoms with van der Waals surface area (Å²) in [7, 11) is 0. The lowest BCUT2D eigenvalue weighted by Crippen LogP contribution is -2.32. The van der Waals surface area contributed by atoms with E-state index in [0.29, 0.717) is 29.9 Å². The number of fused-ring (bicyclic) bond motifs is 1. The molecule has 0 bridgehead atoms. The fraction of sp³-hybridized carbons (Fsp3) is 0.211. The lowest BCUT2D eigenvalue weighted by Gasteiger charge is -2.11. The first kappa shape index (κ1) is 16.1. The number of nitrogens with zero attached hydrogens (tertiary/aromatic N) is 5. The van der Waals surface area contributed by atoms with E-state index in [1.807, 2.05) is 31.2 Å². The summed E-state index contributed by atoms with van der Waals surface area (Å²) in [4.78, 5) is 27.4. The number of hydrogen-bond donors (Lipinski definition) is 0. The van der Waals surface area contributed by atoms with Gasteiger partial charge in [0.25, 0.3) is 11.8 Å². The Morgan fingerprint density at radius 2 is 1.58 bits per heavy atom. The summed E-state index contributed by atoms with van der Waals surface area (Å²) < 4.78 is 0. The van der Waals surface area contributed by atoms with Crippen molar-refractivity contribution in [2.24, 2.45) is 0 Å². The molecule has 1 aliphatic heterocycles. The van der Waals surface area contributed by atoms with Crippen LogP contribution < -0.4 is 0 Å². The zero-order valence-electron chi connectivity index (χ0n) is 14.3. The molecule has 2 aromatic carbocycles. The monoisotopic (exact) mass is 347 g/mol. The summed E-state index contributed by atoms with van der Waals surface area (Å²) in [5.41, 5.74) is 3.18. The van der Waals surface area contributed by atoms with Gasteiger partial charge in [-0.25, -0.2) is 0 Å². The van der Waals surface area contributed by atoms with Gasteiger partial charge in [0.05, 0.1) is 17.7 Å². The van der Waals surface area contributed by atoms with Gasteiger partial charge in [0, 0.05) is 13.0 Å². The molecule has 130 valence electrons. The van der Waals surface area contributed by atoms with Crippen molar-refractivity contribution in [2.75, 3.05) is 6.54 Å². The summed E-state index contributed by atoms with van der Waals surface area (Å²) in [5, 5.41) is 12.4. The minimum absolute atomic E-state index is 0.239. The van der Waals surface area contributed by atoms with Crippen molar-refractivity contribution in [2.45, 2.75) is 19.9 Å². The highest BCUT2D eigenvalue weighted by Crippen LogP contribution is 2.22. The maximum atomic E-state index is 12.3. The molecule has 0 atom stereocenters. The standard InChI is InChI=1S/C19H17N5O2/c1-13-6-8-14(9-7-13)12-24-21-17(20-22-24)10-11-23-18(25)15-4-2-3-5-16(15)19(23)26/h2-9H,10-12H2,1H3. The number of rotatable bonds is 5. The number of imide groups is 1. The molecule has 0 saturated heterocycles. The zero-order chi connectivity index (χ0) is 18.1. The van der Waals surface area contributed by atoms with E-state index in [0.717, 1.165) is 5.56 Å². The van der Waals surface area contributed by atoms with E-state index >= 15 is 0 Å². The van der Waals surface area contributed by atoms with Gasteiger partial charge in [-0.1, -0.05) is 42.0 Å². The summed E-state index contributed by atoms with van der Waals surface area (Å²) in [5.74, 6) is -0.0241. The zero-order valence-corrected chi connectivity index (χ0v) is 14.3. The number of aromatic nitrogens is 4. The van der Waals surface area contributed by atoms with Crippen LogP contribution in [0, 0.1) is 6.92 Å². The molecule has 0 saturated carbocycles. The highest BCUT2D eigenvalue weighted by molar-refractivity contribution is 6.21. The predicted octanol–water partition coefficient (Wildman–Crippen LogP) is 1.87. The van der Waals surface area contributed by atoms with E-state index < -0.39 is 0 Å². The van der Waals surface area contributed by atoms with Crippen LogP contribution in [0.4, 0.5) is 0 Å². The molecule has 0 spiro atoms. The van der Waals surface area contributed by atoms with Gasteiger partial charge in [0.2, 0.25) is 0 Å². The Hall–Kier alpha value is -3.35. The van der Waals surface area contributed by atoms with Crippen LogP contribution in [0.3, 0.4) is 0 Å². The Labute approximate surface area is 150 Å². The smallest absolute Gasteiger partial charge is 0.261 e. The Balaban J connectivity index is 1.40. The van der Waals surface area contributed by atoms with Gasteiger partial charge in [-0.3, -0.25) is 14.5 Å². The lowest BCUT2D eigenvalue weighted by atomic mass is 10.1. The number of tetrazole rings is 1. The van der Waals surface area contributed by atoms with Gasteiger partial charge in [-0.05, 0) is 29.8 Å². The fourth-order valence-corrected chi connectivity index (χ4v) is 2.95. The highest BCUT2D eigenvalue weighted by Gasteiger charge is 2.34. The van der Waals surface area contributed by atoms with Crippen molar-refractivity contribution in [1.82, 2.24) is 25.1 Å². The second kappa shape index (κ2) is 6.51. The van der Waals surface area contributed by atoms with Crippen LogP contribution in [-0.2, 0) is 13.0 Å². The van der Waals surface area contributed by atoms with E-state index in [-0.39, 0.29) is 18.4 Å². The molecule has 7 heteroatoms. The third kappa shape index (κ3) is 2.99. The molecular formula is C19H17N5O2. The number of benzene rings is 2. The van der Waals surface area contributed by atoms with Crippen LogP contribution in [0.1, 0.15) is 37.7 Å². The number of carbonyl (C=O) groups excluding carboxylic acids is 2. The summed E-state index contributed by atoms with van der Waals surface area (Å²) in [6.07, 6.45) is 0.374. The van der Waals surface area contributed by atoms with Gasteiger partial charge < -0.3 is 0 Å². The lowest BCUT2D eigenvalue weighted by molar-refractivity contribution is 0.0655. The van der Waals surface area contributed by atoms with Crippen LogP contribution in [-0.4, -0.2) is 43.5 Å². The molecule has 0 aliphatic carbocycles. The van der Waals surface area contributed by atoms with Crippen molar-refractivity contribution >= 4 is 11.8 Å². The predicted molar refractivity (Wildman–Crippen MR) is 93.6 cm³/mol. The average Bonchev–Trinajstić information content (AvgIpc) is 3.19. The van der Waals surface area contributed by atoms with Crippen LogP contribution >= 0.6 is 0 Å². The Morgan fingerprint density at radius 1 is 0.923 bits per heavy atom. The Kier molecular flexibility index (Phi) is 4.04. The molecule has 2 amide bonds. The minimum atomic E-state index is -0.266. The van der Waals surface area contributed by atoms with Crippen molar-refractivity contribution in [3.63, 3.8) is 0 Å². The first-order valence-electron chi connectivity index (χ1n) is 8.39. The van der Waals surface area contributed by atoms with E-state index in [9.17, 15) is 9.59 Å². The molecule has 7 nitrogen and oxygen atoms in total. The van der Waals surface area contributed by atoms with Crippen molar-refractivity contribution < 1.29 is 9.59 Å². The molecule has 0 fully saturated rings. The van der Waals surface area contributed by atoms with E-state index in [4.69, 9.17) is 0 Å². The molecule has 0 unspecified atom stereocenters. The third-order valence-electron chi connectivity index (χ3n) is 4.38. The molecule has 1 aromatic heterocycles. The first-order valence-corrected chi connectivity index (χ1v) is 8.39. The maximum Gasteiger partial charge on any atom is 0.261 e.